The predicted molar refractivity (Wildman–Crippen MR) is 15.7 cm³/mol. The minimum atomic E-state index is -1.89. The van der Waals surface area contributed by atoms with Crippen LogP contribution in [0.5, 0.6) is 0 Å². The Morgan fingerprint density at radius 1 is 1.83 bits per heavy atom. The summed E-state index contributed by atoms with van der Waals surface area (Å²) in [4.78, 5) is 0. The highest BCUT2D eigenvalue weighted by molar-refractivity contribution is 7.37. The molecule has 1 atom stereocenters. The highest BCUT2D eigenvalue weighted by atomic mass is 31.1. The Labute approximate surface area is 35.4 Å². The zero-order valence-electron chi connectivity index (χ0n) is 3.08. The third kappa shape index (κ3) is 3.98. The highest BCUT2D eigenvalue weighted by Crippen LogP contribution is 2.12. The first-order valence-electron chi connectivity index (χ1n) is 1.15. The van der Waals surface area contributed by atoms with E-state index in [1.54, 1.807) is 0 Å². The van der Waals surface area contributed by atoms with Crippen LogP contribution in [-0.4, -0.2) is 6.66 Å². The normalized spacial score (nSPS) is 11.3. The van der Waals surface area contributed by atoms with Crippen LogP contribution in [0.25, 0.3) is 0 Å². The van der Waals surface area contributed by atoms with Crippen LogP contribution < -0.4 is 5.26 Å². The van der Waals surface area contributed by atoms with Crippen molar-refractivity contribution >= 4 is 8.03 Å². The molecule has 4 nitrogen and oxygen atoms in total. The van der Waals surface area contributed by atoms with E-state index in [0.717, 1.165) is 0 Å². The lowest BCUT2D eigenvalue weighted by atomic mass is 12.0. The lowest BCUT2D eigenvalue weighted by molar-refractivity contribution is -0.779. The fourth-order valence-electron chi connectivity index (χ4n) is 0.0429. The lowest BCUT2D eigenvalue weighted by Crippen LogP contribution is -2.00. The number of rotatable bonds is 2. The average molecular weight is 110 g/mol. The summed E-state index contributed by atoms with van der Waals surface area (Å²) in [5.41, 5.74) is 0. The molecule has 1 unspecified atom stereocenters. The molecular formula is CH3O4P. The zero-order valence-corrected chi connectivity index (χ0v) is 3.97. The molecule has 0 aromatic carbocycles. The maximum absolute atomic E-state index is 9.64. The fourth-order valence-corrected chi connectivity index (χ4v) is 0.129. The zero-order chi connectivity index (χ0) is 4.99. The van der Waals surface area contributed by atoms with Crippen molar-refractivity contribution in [1.29, 1.82) is 0 Å². The summed E-state index contributed by atoms with van der Waals surface area (Å²) in [5.74, 6) is 0. The van der Waals surface area contributed by atoms with Crippen LogP contribution >= 0.6 is 8.03 Å². The quantitative estimate of drug-likeness (QED) is 0.275. The first-order valence-corrected chi connectivity index (χ1v) is 2.77. The van der Waals surface area contributed by atoms with Gasteiger partial charge in [-0.05, 0) is 4.57 Å². The van der Waals surface area contributed by atoms with Crippen molar-refractivity contribution in [3.63, 3.8) is 0 Å². The van der Waals surface area contributed by atoms with E-state index in [0.29, 0.717) is 0 Å². The molecule has 0 aromatic heterocycles. The third-order valence-corrected chi connectivity index (χ3v) is 0.406. The molecule has 0 amide bonds. The van der Waals surface area contributed by atoms with E-state index >= 15 is 0 Å². The Bertz CT molecular complexity index is 51.5. The van der Waals surface area contributed by atoms with Crippen molar-refractivity contribution in [1.82, 2.24) is 0 Å². The SMILES string of the molecule is C[P+](=O)OO[O-]. The topological polar surface area (TPSA) is 58.6 Å². The molecule has 0 rings (SSSR count). The van der Waals surface area contributed by atoms with Crippen molar-refractivity contribution in [3.05, 3.63) is 0 Å². The summed E-state index contributed by atoms with van der Waals surface area (Å²) < 4.78 is 13.1. The Balaban J connectivity index is 2.83. The molecule has 0 fully saturated rings. The molecule has 0 bridgehead atoms. The maximum Gasteiger partial charge on any atom is 0.535 e. The number of hydrogen-bond donors (Lipinski definition) is 0. The first-order chi connectivity index (χ1) is 2.77. The van der Waals surface area contributed by atoms with Crippen LogP contribution in [0.1, 0.15) is 0 Å². The fraction of sp³-hybridized carbons (Fsp3) is 1.00. The van der Waals surface area contributed by atoms with Crippen molar-refractivity contribution in [3.8, 4) is 0 Å². The molecule has 0 heterocycles. The highest BCUT2D eigenvalue weighted by Gasteiger charge is 2.01. The molecule has 0 radical (unpaired) electrons. The summed E-state index contributed by atoms with van der Waals surface area (Å²) in [5, 5.41) is 11.6. The van der Waals surface area contributed by atoms with Gasteiger partial charge < -0.3 is 5.26 Å². The Morgan fingerprint density at radius 3 is 2.33 bits per heavy atom. The molecule has 36 valence electrons. The summed E-state index contributed by atoms with van der Waals surface area (Å²) in [6, 6.07) is 0. The van der Waals surface area contributed by atoms with Crippen molar-refractivity contribution in [2.45, 2.75) is 0 Å². The molecule has 6 heavy (non-hydrogen) atoms. The number of hydrogen-bond acceptors (Lipinski definition) is 4. The van der Waals surface area contributed by atoms with Crippen molar-refractivity contribution < 1.29 is 19.5 Å². The second-order valence-corrected chi connectivity index (χ2v) is 1.61. The van der Waals surface area contributed by atoms with E-state index in [1.165, 1.54) is 6.66 Å². The monoisotopic (exact) mass is 110 g/mol. The third-order valence-electron chi connectivity index (χ3n) is 0.135. The molecule has 0 spiro atoms. The molecule has 5 heteroatoms. The molecule has 0 aliphatic rings. The van der Waals surface area contributed by atoms with Gasteiger partial charge in [0.05, 0.1) is 0 Å². The van der Waals surface area contributed by atoms with Gasteiger partial charge in [0, 0.05) is 4.67 Å². The van der Waals surface area contributed by atoms with E-state index in [4.69, 9.17) is 5.26 Å². The van der Waals surface area contributed by atoms with Gasteiger partial charge >= 0.3 is 8.03 Å². The van der Waals surface area contributed by atoms with Gasteiger partial charge in [-0.15, -0.1) is 0 Å². The minimum Gasteiger partial charge on any atom is -0.688 e. The van der Waals surface area contributed by atoms with E-state index in [-0.39, 0.29) is 0 Å². The predicted octanol–water partition coefficient (Wildman–Crippen LogP) is -0.418. The summed E-state index contributed by atoms with van der Waals surface area (Å²) in [6.07, 6.45) is 0. The van der Waals surface area contributed by atoms with Gasteiger partial charge in [-0.1, -0.05) is 0 Å². The van der Waals surface area contributed by atoms with Gasteiger partial charge in [-0.2, -0.15) is 0 Å². The minimum absolute atomic E-state index is 1.22. The largest absolute Gasteiger partial charge is 0.688 e. The first kappa shape index (κ1) is 5.98. The van der Waals surface area contributed by atoms with Crippen LogP contribution in [0.15, 0.2) is 0 Å². The summed E-state index contributed by atoms with van der Waals surface area (Å²) in [7, 11) is -1.89. The van der Waals surface area contributed by atoms with Crippen molar-refractivity contribution in [2.75, 3.05) is 6.66 Å². The standard InChI is InChI=1S/CH3O4P/c1-6(3)5-4-2/h1H3. The Morgan fingerprint density at radius 2 is 2.33 bits per heavy atom. The molecule has 0 aliphatic carbocycles. The smallest absolute Gasteiger partial charge is 0.535 e. The molecule has 0 saturated heterocycles. The van der Waals surface area contributed by atoms with Crippen LogP contribution in [0, 0.1) is 0 Å². The second-order valence-electron chi connectivity index (χ2n) is 0.582. The van der Waals surface area contributed by atoms with E-state index < -0.39 is 8.03 Å². The van der Waals surface area contributed by atoms with Gasteiger partial charge in [0.15, 0.2) is 6.66 Å². The Hall–Kier alpha value is -0.0200. The summed E-state index contributed by atoms with van der Waals surface area (Å²) in [6.45, 7) is 1.22. The van der Waals surface area contributed by atoms with Gasteiger partial charge in [0.25, 0.3) is 0 Å². The maximum atomic E-state index is 9.64. The lowest BCUT2D eigenvalue weighted by Gasteiger charge is -1.87. The molecule has 0 saturated carbocycles. The van der Waals surface area contributed by atoms with Gasteiger partial charge in [0.2, 0.25) is 0 Å². The molecule has 0 aromatic rings. The Kier molecular flexibility index (Phi) is 3.17. The van der Waals surface area contributed by atoms with Crippen LogP contribution in [0.4, 0.5) is 0 Å². The van der Waals surface area contributed by atoms with Crippen molar-refractivity contribution in [2.24, 2.45) is 0 Å². The van der Waals surface area contributed by atoms with Gasteiger partial charge in [-0.3, -0.25) is 0 Å². The van der Waals surface area contributed by atoms with E-state index in [2.05, 4.69) is 9.71 Å². The van der Waals surface area contributed by atoms with Crippen LogP contribution in [0.3, 0.4) is 0 Å². The van der Waals surface area contributed by atoms with Crippen LogP contribution in [-0.2, 0) is 14.3 Å². The van der Waals surface area contributed by atoms with Gasteiger partial charge in [0.1, 0.15) is 0 Å². The second kappa shape index (κ2) is 3.18. The molecule has 0 N–H and O–H groups in total. The summed E-state index contributed by atoms with van der Waals surface area (Å²) >= 11 is 0. The van der Waals surface area contributed by atoms with E-state index in [1.807, 2.05) is 0 Å². The van der Waals surface area contributed by atoms with E-state index in [9.17, 15) is 4.57 Å². The molecule has 0 aliphatic heterocycles. The van der Waals surface area contributed by atoms with Crippen LogP contribution in [0.2, 0.25) is 0 Å². The van der Waals surface area contributed by atoms with Gasteiger partial charge in [-0.25, -0.2) is 5.04 Å². The molecular weight excluding hydrogens is 107 g/mol. The average Bonchev–Trinajstić information content (AvgIpc) is 1.35.